The standard InChI is InChI=1S/C15H22N4O2/c16-18-12-5-3-11(4-6-12)15(20)17-8-14-9-19-7-1-2-13(19)10-21-14/h3-6,13-14,18H,1-2,7-10,16H2,(H,17,20). The van der Waals surface area contributed by atoms with E-state index >= 15 is 0 Å². The van der Waals surface area contributed by atoms with Gasteiger partial charge in [-0.15, -0.1) is 0 Å². The van der Waals surface area contributed by atoms with E-state index < -0.39 is 0 Å². The van der Waals surface area contributed by atoms with E-state index in [0.29, 0.717) is 18.2 Å². The summed E-state index contributed by atoms with van der Waals surface area (Å²) in [6.07, 6.45) is 2.59. The molecule has 3 rings (SSSR count). The van der Waals surface area contributed by atoms with Crippen LogP contribution in [0.15, 0.2) is 24.3 Å². The Morgan fingerprint density at radius 1 is 1.38 bits per heavy atom. The molecule has 2 atom stereocenters. The summed E-state index contributed by atoms with van der Waals surface area (Å²) < 4.78 is 5.83. The second-order valence-electron chi connectivity index (χ2n) is 5.68. The van der Waals surface area contributed by atoms with Gasteiger partial charge in [-0.05, 0) is 43.7 Å². The van der Waals surface area contributed by atoms with Gasteiger partial charge in [-0.2, -0.15) is 0 Å². The third-order valence-corrected chi connectivity index (χ3v) is 4.27. The summed E-state index contributed by atoms with van der Waals surface area (Å²) in [5, 5.41) is 2.94. The van der Waals surface area contributed by atoms with Crippen molar-refractivity contribution < 1.29 is 9.53 Å². The number of benzene rings is 1. The highest BCUT2D eigenvalue weighted by Gasteiger charge is 2.32. The molecule has 2 aliphatic heterocycles. The van der Waals surface area contributed by atoms with Gasteiger partial charge in [0.05, 0.1) is 12.7 Å². The summed E-state index contributed by atoms with van der Waals surface area (Å²) in [5.41, 5.74) is 3.95. The molecule has 1 aromatic carbocycles. The van der Waals surface area contributed by atoms with Crippen LogP contribution in [0.2, 0.25) is 0 Å². The van der Waals surface area contributed by atoms with Crippen molar-refractivity contribution in [2.45, 2.75) is 25.0 Å². The molecule has 2 heterocycles. The lowest BCUT2D eigenvalue weighted by Gasteiger charge is -2.35. The van der Waals surface area contributed by atoms with Gasteiger partial charge in [0, 0.05) is 30.4 Å². The van der Waals surface area contributed by atoms with Crippen molar-refractivity contribution in [2.24, 2.45) is 5.84 Å². The van der Waals surface area contributed by atoms with Crippen molar-refractivity contribution >= 4 is 11.6 Å². The first-order valence-electron chi connectivity index (χ1n) is 7.47. The van der Waals surface area contributed by atoms with Crippen LogP contribution in [0.4, 0.5) is 5.69 Å². The lowest BCUT2D eigenvalue weighted by molar-refractivity contribution is -0.0461. The van der Waals surface area contributed by atoms with Crippen LogP contribution in [-0.2, 0) is 4.74 Å². The highest BCUT2D eigenvalue weighted by atomic mass is 16.5. The Labute approximate surface area is 124 Å². The highest BCUT2D eigenvalue weighted by molar-refractivity contribution is 5.94. The van der Waals surface area contributed by atoms with Crippen molar-refractivity contribution in [1.29, 1.82) is 0 Å². The van der Waals surface area contributed by atoms with Crippen molar-refractivity contribution in [3.63, 3.8) is 0 Å². The lowest BCUT2D eigenvalue weighted by atomic mass is 10.1. The maximum Gasteiger partial charge on any atom is 0.251 e. The Kier molecular flexibility index (Phi) is 4.38. The number of nitrogens with zero attached hydrogens (tertiary/aromatic N) is 1. The molecular formula is C15H22N4O2. The number of nitrogens with one attached hydrogen (secondary N) is 2. The number of nitrogens with two attached hydrogens (primary N) is 1. The highest BCUT2D eigenvalue weighted by Crippen LogP contribution is 2.22. The van der Waals surface area contributed by atoms with Crippen molar-refractivity contribution in [3.8, 4) is 0 Å². The van der Waals surface area contributed by atoms with Gasteiger partial charge in [-0.25, -0.2) is 0 Å². The molecule has 0 spiro atoms. The molecule has 0 saturated carbocycles. The van der Waals surface area contributed by atoms with Crippen molar-refractivity contribution in [3.05, 3.63) is 29.8 Å². The van der Waals surface area contributed by atoms with E-state index in [1.807, 2.05) is 0 Å². The predicted octanol–water partition coefficient (Wildman–Crippen LogP) is 0.565. The molecular weight excluding hydrogens is 268 g/mol. The Balaban J connectivity index is 1.49. The molecule has 4 N–H and O–H groups in total. The van der Waals surface area contributed by atoms with Gasteiger partial charge < -0.3 is 15.5 Å². The zero-order valence-corrected chi connectivity index (χ0v) is 12.0. The molecule has 0 radical (unpaired) electrons. The first-order valence-corrected chi connectivity index (χ1v) is 7.47. The Morgan fingerprint density at radius 3 is 2.95 bits per heavy atom. The van der Waals surface area contributed by atoms with E-state index in [9.17, 15) is 4.79 Å². The number of hydrogen-bond acceptors (Lipinski definition) is 5. The molecule has 2 fully saturated rings. The molecule has 0 aliphatic carbocycles. The molecule has 2 aliphatic rings. The second kappa shape index (κ2) is 6.43. The van der Waals surface area contributed by atoms with Gasteiger partial charge in [0.15, 0.2) is 0 Å². The average Bonchev–Trinajstić information content (AvgIpc) is 3.00. The third kappa shape index (κ3) is 3.34. The van der Waals surface area contributed by atoms with Crippen LogP contribution in [-0.4, -0.2) is 49.2 Å². The first kappa shape index (κ1) is 14.3. The number of hydrazine groups is 1. The van der Waals surface area contributed by atoms with E-state index in [-0.39, 0.29) is 12.0 Å². The fraction of sp³-hybridized carbons (Fsp3) is 0.533. The summed E-state index contributed by atoms with van der Waals surface area (Å²) in [6, 6.07) is 7.65. The van der Waals surface area contributed by atoms with Crippen molar-refractivity contribution in [2.75, 3.05) is 31.7 Å². The van der Waals surface area contributed by atoms with E-state index in [4.69, 9.17) is 10.6 Å². The molecule has 21 heavy (non-hydrogen) atoms. The minimum Gasteiger partial charge on any atom is -0.373 e. The minimum atomic E-state index is -0.0780. The summed E-state index contributed by atoms with van der Waals surface area (Å²) in [5.74, 6) is 5.22. The zero-order chi connectivity index (χ0) is 14.7. The normalized spacial score (nSPS) is 25.4. The van der Waals surface area contributed by atoms with E-state index in [1.165, 1.54) is 12.8 Å². The maximum absolute atomic E-state index is 12.1. The Bertz CT molecular complexity index is 491. The molecule has 1 aromatic rings. The van der Waals surface area contributed by atoms with Gasteiger partial charge >= 0.3 is 0 Å². The van der Waals surface area contributed by atoms with E-state index in [2.05, 4.69) is 15.6 Å². The molecule has 2 unspecified atom stereocenters. The third-order valence-electron chi connectivity index (χ3n) is 4.27. The predicted molar refractivity (Wildman–Crippen MR) is 80.9 cm³/mol. The van der Waals surface area contributed by atoms with Gasteiger partial charge in [0.1, 0.15) is 0 Å². The molecule has 114 valence electrons. The van der Waals surface area contributed by atoms with Crippen LogP contribution in [0, 0.1) is 0 Å². The second-order valence-corrected chi connectivity index (χ2v) is 5.68. The number of nitrogen functional groups attached to an aromatic ring is 1. The van der Waals surface area contributed by atoms with Crippen LogP contribution in [0.5, 0.6) is 0 Å². The molecule has 6 heteroatoms. The number of carbonyl (C=O) groups is 1. The van der Waals surface area contributed by atoms with Gasteiger partial charge in [0.25, 0.3) is 5.91 Å². The maximum atomic E-state index is 12.1. The molecule has 6 nitrogen and oxygen atoms in total. The van der Waals surface area contributed by atoms with Crippen LogP contribution in [0.25, 0.3) is 0 Å². The van der Waals surface area contributed by atoms with Crippen LogP contribution in [0.3, 0.4) is 0 Å². The van der Waals surface area contributed by atoms with Crippen LogP contribution < -0.4 is 16.6 Å². The molecule has 0 aromatic heterocycles. The number of rotatable bonds is 4. The van der Waals surface area contributed by atoms with E-state index in [1.54, 1.807) is 24.3 Å². The summed E-state index contributed by atoms with van der Waals surface area (Å²) >= 11 is 0. The Hall–Kier alpha value is -1.63. The SMILES string of the molecule is NNc1ccc(C(=O)NCC2CN3CCCC3CO2)cc1. The molecule has 2 saturated heterocycles. The number of fused-ring (bicyclic) bond motifs is 1. The Morgan fingerprint density at radius 2 is 2.19 bits per heavy atom. The fourth-order valence-electron chi connectivity index (χ4n) is 3.04. The van der Waals surface area contributed by atoms with Gasteiger partial charge in [0.2, 0.25) is 0 Å². The number of morpholine rings is 1. The van der Waals surface area contributed by atoms with Gasteiger partial charge in [-0.3, -0.25) is 15.5 Å². The fourth-order valence-corrected chi connectivity index (χ4v) is 3.04. The van der Waals surface area contributed by atoms with Gasteiger partial charge in [-0.1, -0.05) is 0 Å². The monoisotopic (exact) mass is 290 g/mol. The summed E-state index contributed by atoms with van der Waals surface area (Å²) in [7, 11) is 0. The largest absolute Gasteiger partial charge is 0.373 e. The number of ether oxygens (including phenoxy) is 1. The number of amides is 1. The molecule has 0 bridgehead atoms. The summed E-state index contributed by atoms with van der Waals surface area (Å²) in [6.45, 7) is 3.42. The van der Waals surface area contributed by atoms with E-state index in [0.717, 1.165) is 25.4 Å². The molecule has 1 amide bonds. The number of anilines is 1. The van der Waals surface area contributed by atoms with Crippen molar-refractivity contribution in [1.82, 2.24) is 10.2 Å². The lowest BCUT2D eigenvalue weighted by Crippen LogP contribution is -2.50. The quantitative estimate of drug-likeness (QED) is 0.558. The first-order chi connectivity index (χ1) is 10.3. The zero-order valence-electron chi connectivity index (χ0n) is 12.0. The number of hydrogen-bond donors (Lipinski definition) is 3. The topological polar surface area (TPSA) is 79.6 Å². The van der Waals surface area contributed by atoms with Crippen LogP contribution >= 0.6 is 0 Å². The average molecular weight is 290 g/mol. The minimum absolute atomic E-state index is 0.0780. The van der Waals surface area contributed by atoms with Crippen LogP contribution in [0.1, 0.15) is 23.2 Å². The number of carbonyl (C=O) groups excluding carboxylic acids is 1. The summed E-state index contributed by atoms with van der Waals surface area (Å²) in [4.78, 5) is 14.6. The smallest absolute Gasteiger partial charge is 0.251 e.